The van der Waals surface area contributed by atoms with E-state index in [1.165, 1.54) is 4.40 Å². The first-order chi connectivity index (χ1) is 13.0. The van der Waals surface area contributed by atoms with Crippen LogP contribution in [0.4, 0.5) is 10.5 Å². The lowest BCUT2D eigenvalue weighted by Gasteiger charge is -2.16. The van der Waals surface area contributed by atoms with E-state index in [0.29, 0.717) is 5.92 Å². The third kappa shape index (κ3) is 3.03. The number of hydrogen-bond donors (Lipinski definition) is 2. The minimum Gasteiger partial charge on any atom is -0.449 e. The van der Waals surface area contributed by atoms with E-state index in [4.69, 9.17) is 9.84 Å². The lowest BCUT2D eigenvalue weighted by atomic mass is 9.97. The highest BCUT2D eigenvalue weighted by Gasteiger charge is 2.29. The van der Waals surface area contributed by atoms with Gasteiger partial charge in [0.2, 0.25) is 0 Å². The number of pyridine rings is 2. The Hall–Kier alpha value is -3.28. The number of rotatable bonds is 4. The number of carboxylic acid groups (broad SMARTS) is 1. The Morgan fingerprint density at radius 2 is 1.93 bits per heavy atom. The molecular weight excluding hydrogens is 344 g/mol. The maximum absolute atomic E-state index is 12.7. The predicted octanol–water partition coefficient (Wildman–Crippen LogP) is 4.25. The van der Waals surface area contributed by atoms with Crippen LogP contribution in [-0.4, -0.2) is 22.7 Å². The number of carbonyl (C=O) groups is 1. The summed E-state index contributed by atoms with van der Waals surface area (Å²) >= 11 is 0. The molecule has 2 N–H and O–H groups in total. The summed E-state index contributed by atoms with van der Waals surface area (Å²) in [6.45, 7) is 2.00. The van der Waals surface area contributed by atoms with Crippen molar-refractivity contribution in [2.75, 3.05) is 12.4 Å². The average Bonchev–Trinajstić information content (AvgIpc) is 3.49. The van der Waals surface area contributed by atoms with Crippen LogP contribution < -0.4 is 15.6 Å². The Morgan fingerprint density at radius 1 is 1.22 bits per heavy atom. The van der Waals surface area contributed by atoms with Crippen molar-refractivity contribution >= 4 is 17.4 Å². The maximum atomic E-state index is 12.7. The summed E-state index contributed by atoms with van der Waals surface area (Å²) in [6.07, 6.45) is 2.28. The van der Waals surface area contributed by atoms with E-state index < -0.39 is 11.7 Å². The van der Waals surface area contributed by atoms with E-state index in [2.05, 4.69) is 5.32 Å². The van der Waals surface area contributed by atoms with Gasteiger partial charge in [-0.2, -0.15) is 0 Å². The van der Waals surface area contributed by atoms with E-state index in [0.717, 1.165) is 46.3 Å². The Bertz CT molecular complexity index is 1100. The minimum absolute atomic E-state index is 0.146. The zero-order valence-electron chi connectivity index (χ0n) is 15.2. The standard InChI is InChI=1S/C21H20N2O4/c1-12-16(13-5-7-15(22-2)8-6-13)9-10-23-19(12)17(14-3-4-14)11-18(20(23)24)27-21(25)26/h5-11,14,22H,3-4H2,1-2H3,(H,25,26). The van der Waals surface area contributed by atoms with Crippen molar-refractivity contribution in [3.63, 3.8) is 0 Å². The highest BCUT2D eigenvalue weighted by molar-refractivity contribution is 5.78. The zero-order chi connectivity index (χ0) is 19.1. The highest BCUT2D eigenvalue weighted by atomic mass is 16.7. The number of benzene rings is 1. The number of fused-ring (bicyclic) bond motifs is 1. The molecule has 2 heterocycles. The third-order valence-corrected chi connectivity index (χ3v) is 5.08. The van der Waals surface area contributed by atoms with Gasteiger partial charge in [-0.05, 0) is 72.2 Å². The molecule has 1 saturated carbocycles. The van der Waals surface area contributed by atoms with Gasteiger partial charge in [0.1, 0.15) is 0 Å². The number of aromatic nitrogens is 1. The van der Waals surface area contributed by atoms with Crippen molar-refractivity contribution in [3.8, 4) is 16.9 Å². The summed E-state index contributed by atoms with van der Waals surface area (Å²) in [7, 11) is 1.88. The molecule has 3 aromatic rings. The molecule has 1 aromatic carbocycles. The van der Waals surface area contributed by atoms with Crippen LogP contribution >= 0.6 is 0 Å². The molecule has 0 amide bonds. The normalized spacial score (nSPS) is 13.6. The molecule has 0 radical (unpaired) electrons. The van der Waals surface area contributed by atoms with Gasteiger partial charge >= 0.3 is 6.16 Å². The van der Waals surface area contributed by atoms with Crippen LogP contribution in [0.5, 0.6) is 5.75 Å². The molecule has 2 aromatic heterocycles. The van der Waals surface area contributed by atoms with Gasteiger partial charge in [0.05, 0.1) is 5.52 Å². The summed E-state index contributed by atoms with van der Waals surface area (Å²) in [5.74, 6) is 0.185. The first-order valence-corrected chi connectivity index (χ1v) is 8.87. The summed E-state index contributed by atoms with van der Waals surface area (Å²) in [5.41, 5.74) is 5.49. The van der Waals surface area contributed by atoms with E-state index in [-0.39, 0.29) is 5.75 Å². The second kappa shape index (κ2) is 6.46. The smallest absolute Gasteiger partial charge is 0.449 e. The molecule has 27 heavy (non-hydrogen) atoms. The van der Waals surface area contributed by atoms with Crippen molar-refractivity contribution in [1.82, 2.24) is 4.40 Å². The van der Waals surface area contributed by atoms with Gasteiger partial charge in [-0.1, -0.05) is 12.1 Å². The molecule has 138 valence electrons. The lowest BCUT2D eigenvalue weighted by molar-refractivity contribution is 0.143. The monoisotopic (exact) mass is 364 g/mol. The molecule has 0 atom stereocenters. The number of anilines is 1. The first kappa shape index (κ1) is 17.1. The van der Waals surface area contributed by atoms with Crippen molar-refractivity contribution < 1.29 is 14.6 Å². The molecule has 0 bridgehead atoms. The highest BCUT2D eigenvalue weighted by Crippen LogP contribution is 2.44. The van der Waals surface area contributed by atoms with Gasteiger partial charge in [-0.25, -0.2) is 4.79 Å². The van der Waals surface area contributed by atoms with Crippen LogP contribution in [-0.2, 0) is 0 Å². The Kier molecular flexibility index (Phi) is 4.11. The fourth-order valence-corrected chi connectivity index (χ4v) is 3.57. The quantitative estimate of drug-likeness (QED) is 0.677. The number of nitrogens with one attached hydrogen (secondary N) is 1. The molecule has 0 aliphatic heterocycles. The third-order valence-electron chi connectivity index (χ3n) is 5.08. The van der Waals surface area contributed by atoms with Gasteiger partial charge < -0.3 is 15.2 Å². The van der Waals surface area contributed by atoms with Crippen LogP contribution in [0.25, 0.3) is 16.6 Å². The largest absolute Gasteiger partial charge is 0.511 e. The van der Waals surface area contributed by atoms with Crippen molar-refractivity contribution in [2.45, 2.75) is 25.7 Å². The van der Waals surface area contributed by atoms with E-state index in [9.17, 15) is 9.59 Å². The second-order valence-corrected chi connectivity index (χ2v) is 6.81. The van der Waals surface area contributed by atoms with Crippen molar-refractivity contribution in [1.29, 1.82) is 0 Å². The number of nitrogens with zero attached hydrogens (tertiary/aromatic N) is 1. The van der Waals surface area contributed by atoms with Gasteiger partial charge in [0, 0.05) is 18.9 Å². The second-order valence-electron chi connectivity index (χ2n) is 6.81. The van der Waals surface area contributed by atoms with Gasteiger partial charge in [0.25, 0.3) is 5.56 Å². The Balaban J connectivity index is 1.95. The Morgan fingerprint density at radius 3 is 2.52 bits per heavy atom. The van der Waals surface area contributed by atoms with Crippen molar-refractivity contribution in [2.24, 2.45) is 0 Å². The van der Waals surface area contributed by atoms with Crippen molar-refractivity contribution in [3.05, 3.63) is 64.1 Å². The molecule has 6 heteroatoms. The Labute approximate surface area is 156 Å². The molecule has 0 saturated heterocycles. The SMILES string of the molecule is CNc1ccc(-c2ccn3c(=O)c(OC(=O)O)cc(C4CC4)c3c2C)cc1. The first-order valence-electron chi connectivity index (χ1n) is 8.87. The van der Waals surface area contributed by atoms with Gasteiger partial charge in [-0.3, -0.25) is 9.20 Å². The molecule has 1 aliphatic carbocycles. The molecule has 6 nitrogen and oxygen atoms in total. The zero-order valence-corrected chi connectivity index (χ0v) is 15.2. The maximum Gasteiger partial charge on any atom is 0.511 e. The van der Waals surface area contributed by atoms with E-state index >= 15 is 0 Å². The molecule has 0 unspecified atom stereocenters. The molecule has 1 aliphatic rings. The van der Waals surface area contributed by atoms with Crippen LogP contribution in [0.1, 0.15) is 29.9 Å². The lowest BCUT2D eigenvalue weighted by Crippen LogP contribution is -2.20. The van der Waals surface area contributed by atoms with Crippen LogP contribution in [0, 0.1) is 6.92 Å². The minimum atomic E-state index is -1.48. The summed E-state index contributed by atoms with van der Waals surface area (Å²) in [5, 5.41) is 12.0. The fraction of sp³-hybridized carbons (Fsp3) is 0.238. The van der Waals surface area contributed by atoms with Crippen LogP contribution in [0.15, 0.2) is 47.4 Å². The van der Waals surface area contributed by atoms with Crippen LogP contribution in [0.2, 0.25) is 0 Å². The number of ether oxygens (including phenoxy) is 1. The summed E-state index contributed by atoms with van der Waals surface area (Å²) < 4.78 is 6.24. The summed E-state index contributed by atoms with van der Waals surface area (Å²) in [4.78, 5) is 23.6. The molecular formula is C21H20N2O4. The topological polar surface area (TPSA) is 80.0 Å². The number of hydrogen-bond acceptors (Lipinski definition) is 4. The van der Waals surface area contributed by atoms with E-state index in [1.807, 2.05) is 44.3 Å². The number of aryl methyl sites for hydroxylation is 1. The van der Waals surface area contributed by atoms with Gasteiger partial charge in [-0.15, -0.1) is 0 Å². The summed E-state index contributed by atoms with van der Waals surface area (Å²) in [6, 6.07) is 11.6. The predicted molar refractivity (Wildman–Crippen MR) is 104 cm³/mol. The van der Waals surface area contributed by atoms with Gasteiger partial charge in [0.15, 0.2) is 5.75 Å². The average molecular weight is 364 g/mol. The fourth-order valence-electron chi connectivity index (χ4n) is 3.57. The molecule has 0 spiro atoms. The molecule has 4 rings (SSSR count). The molecule has 1 fully saturated rings. The van der Waals surface area contributed by atoms with E-state index in [1.54, 1.807) is 12.3 Å². The van der Waals surface area contributed by atoms with Crippen LogP contribution in [0.3, 0.4) is 0 Å².